The highest BCUT2D eigenvalue weighted by molar-refractivity contribution is 7.46. The maximum absolute atomic E-state index is 10.8. The van der Waals surface area contributed by atoms with Crippen molar-refractivity contribution in [1.82, 2.24) is 9.55 Å². The van der Waals surface area contributed by atoms with E-state index in [0.717, 1.165) is 0 Å². The van der Waals surface area contributed by atoms with Gasteiger partial charge in [-0.2, -0.15) is 0 Å². The Morgan fingerprint density at radius 2 is 2.17 bits per heavy atom. The molecule has 0 bridgehead atoms. The van der Waals surface area contributed by atoms with E-state index >= 15 is 0 Å². The van der Waals surface area contributed by atoms with Crippen LogP contribution >= 0.6 is 19.4 Å². The number of guanidine groups is 1. The zero-order valence-electron chi connectivity index (χ0n) is 11.9. The van der Waals surface area contributed by atoms with E-state index in [1.807, 2.05) is 0 Å². The largest absolute Gasteiger partial charge is 0.469 e. The fraction of sp³-hybridized carbons (Fsp3) is 0.600. The van der Waals surface area contributed by atoms with E-state index in [1.165, 1.54) is 10.9 Å². The van der Waals surface area contributed by atoms with Gasteiger partial charge in [-0.1, -0.05) is 11.6 Å². The van der Waals surface area contributed by atoms with Gasteiger partial charge in [0.15, 0.2) is 17.7 Å². The standard InChI is InChI=1S/C10H15ClN5O7P/c11-7-4-8(15-10(12)14-7)16(2-13-4)9-6(18)5(17)3(23-9)1-22-24(19,20)21/h2-3,5-7,9,17-18H,1H2,(H3,12,14,15)(H2,19,20,21)/t3-,5-,6?,7?,9-/m1/s1. The Kier molecular flexibility index (Phi) is 4.57. The van der Waals surface area contributed by atoms with Crippen LogP contribution in [0.15, 0.2) is 11.3 Å². The number of nitrogens with zero attached hydrogens (tertiary/aromatic N) is 3. The molecule has 3 rings (SSSR count). The number of fused-ring (bicyclic) bond motifs is 1. The molecule has 7 N–H and O–H groups in total. The zero-order valence-corrected chi connectivity index (χ0v) is 13.6. The summed E-state index contributed by atoms with van der Waals surface area (Å²) >= 11 is 6.01. The highest BCUT2D eigenvalue weighted by atomic mass is 35.5. The molecule has 2 unspecified atom stereocenters. The van der Waals surface area contributed by atoms with E-state index in [1.54, 1.807) is 0 Å². The molecule has 0 aliphatic carbocycles. The summed E-state index contributed by atoms with van der Waals surface area (Å²) in [5, 5.41) is 22.9. The molecule has 1 saturated heterocycles. The molecule has 2 aliphatic heterocycles. The second-order valence-corrected chi connectivity index (χ2v) is 6.85. The van der Waals surface area contributed by atoms with Crippen molar-refractivity contribution in [2.45, 2.75) is 30.0 Å². The third kappa shape index (κ3) is 3.27. The van der Waals surface area contributed by atoms with Crippen LogP contribution in [0.1, 0.15) is 17.4 Å². The maximum atomic E-state index is 10.8. The van der Waals surface area contributed by atoms with E-state index in [9.17, 15) is 14.8 Å². The van der Waals surface area contributed by atoms with Crippen LogP contribution in [-0.4, -0.2) is 60.4 Å². The van der Waals surface area contributed by atoms with Gasteiger partial charge in [-0.05, 0) is 0 Å². The molecular weight excluding hydrogens is 369 g/mol. The Morgan fingerprint density at radius 3 is 2.83 bits per heavy atom. The van der Waals surface area contributed by atoms with Gasteiger partial charge in [0.05, 0.1) is 12.9 Å². The summed E-state index contributed by atoms with van der Waals surface area (Å²) in [5.74, 6) is 0.369. The number of nitrogens with one attached hydrogen (secondary N) is 1. The summed E-state index contributed by atoms with van der Waals surface area (Å²) in [6.07, 6.45) is -3.76. The van der Waals surface area contributed by atoms with Crippen molar-refractivity contribution in [3.63, 3.8) is 0 Å². The molecule has 24 heavy (non-hydrogen) atoms. The molecule has 2 aliphatic rings. The number of aliphatic imine (C=N–C) groups is 1. The predicted octanol–water partition coefficient (Wildman–Crippen LogP) is -1.41. The summed E-state index contributed by atoms with van der Waals surface area (Å²) in [7, 11) is -4.73. The molecule has 14 heteroatoms. The number of imidazole rings is 1. The van der Waals surface area contributed by atoms with Gasteiger partial charge in [0.2, 0.25) is 0 Å². The topological polar surface area (TPSA) is 185 Å². The third-order valence-corrected chi connectivity index (χ3v) is 4.35. The van der Waals surface area contributed by atoms with Gasteiger partial charge in [-0.25, -0.2) is 14.5 Å². The number of aliphatic hydroxyl groups is 2. The molecule has 0 saturated carbocycles. The smallest absolute Gasteiger partial charge is 0.387 e. The Bertz CT molecular complexity index is 708. The quantitative estimate of drug-likeness (QED) is 0.205. The van der Waals surface area contributed by atoms with Gasteiger partial charge >= 0.3 is 7.82 Å². The van der Waals surface area contributed by atoms with Gasteiger partial charge in [-0.3, -0.25) is 9.09 Å². The second kappa shape index (κ2) is 6.24. The van der Waals surface area contributed by atoms with Crippen LogP contribution in [0, 0.1) is 0 Å². The summed E-state index contributed by atoms with van der Waals surface area (Å²) < 4.78 is 21.9. The average molecular weight is 384 g/mol. The number of phosphoric ester groups is 1. The van der Waals surface area contributed by atoms with Crippen molar-refractivity contribution in [2.24, 2.45) is 10.7 Å². The predicted molar refractivity (Wildman–Crippen MR) is 80.0 cm³/mol. The van der Waals surface area contributed by atoms with Gasteiger partial charge < -0.3 is 35.8 Å². The summed E-state index contributed by atoms with van der Waals surface area (Å²) in [6, 6.07) is 0. The number of halogens is 1. The van der Waals surface area contributed by atoms with Crippen molar-refractivity contribution in [3.05, 3.63) is 12.0 Å². The van der Waals surface area contributed by atoms with E-state index in [4.69, 9.17) is 31.9 Å². The van der Waals surface area contributed by atoms with Crippen molar-refractivity contribution in [3.8, 4) is 0 Å². The van der Waals surface area contributed by atoms with E-state index in [0.29, 0.717) is 11.5 Å². The van der Waals surface area contributed by atoms with Crippen LogP contribution in [0.3, 0.4) is 0 Å². The van der Waals surface area contributed by atoms with Gasteiger partial charge in [0.1, 0.15) is 29.8 Å². The van der Waals surface area contributed by atoms with Gasteiger partial charge in [-0.15, -0.1) is 0 Å². The first-order chi connectivity index (χ1) is 11.2. The summed E-state index contributed by atoms with van der Waals surface area (Å²) in [6.45, 7) is -0.606. The lowest BCUT2D eigenvalue weighted by molar-refractivity contribution is -0.0511. The minimum Gasteiger partial charge on any atom is -0.387 e. The van der Waals surface area contributed by atoms with Crippen molar-refractivity contribution in [1.29, 1.82) is 0 Å². The Hall–Kier alpha value is -1.24. The molecule has 3 heterocycles. The molecule has 0 spiro atoms. The van der Waals surface area contributed by atoms with Gasteiger partial charge in [0, 0.05) is 0 Å². The minimum absolute atomic E-state index is 0.0404. The number of phosphoric acid groups is 1. The molecule has 1 aromatic heterocycles. The molecule has 12 nitrogen and oxygen atoms in total. The molecular formula is C10H15ClN5O7P. The number of aliphatic hydroxyl groups excluding tert-OH is 2. The number of rotatable bonds is 4. The molecule has 5 atom stereocenters. The van der Waals surface area contributed by atoms with Crippen LogP contribution in [0.2, 0.25) is 0 Å². The lowest BCUT2D eigenvalue weighted by atomic mass is 10.1. The first-order valence-corrected chi connectivity index (χ1v) is 8.67. The molecule has 1 aromatic rings. The second-order valence-electron chi connectivity index (χ2n) is 5.19. The lowest BCUT2D eigenvalue weighted by Crippen LogP contribution is -2.34. The Morgan fingerprint density at radius 1 is 1.46 bits per heavy atom. The number of hydrogen-bond donors (Lipinski definition) is 6. The Labute approximate surface area is 140 Å². The van der Waals surface area contributed by atoms with Crippen LogP contribution in [-0.2, 0) is 13.8 Å². The average Bonchev–Trinajstić information content (AvgIpc) is 3.00. The number of anilines is 1. The SMILES string of the molecule is NC1=NC(Cl)c2ncn([C@@H]3O[C@H](COP(=O)(O)O)[C@@H](O)C3O)c2N1. The molecule has 134 valence electrons. The van der Waals surface area contributed by atoms with E-state index in [2.05, 4.69) is 19.8 Å². The first-order valence-electron chi connectivity index (χ1n) is 6.70. The number of alkyl halides is 1. The molecule has 0 amide bonds. The van der Waals surface area contributed by atoms with Crippen LogP contribution in [0.4, 0.5) is 5.82 Å². The molecule has 0 radical (unpaired) electrons. The maximum Gasteiger partial charge on any atom is 0.469 e. The monoisotopic (exact) mass is 383 g/mol. The van der Waals surface area contributed by atoms with Crippen molar-refractivity contribution < 1.29 is 33.8 Å². The van der Waals surface area contributed by atoms with Crippen LogP contribution in [0.25, 0.3) is 0 Å². The minimum atomic E-state index is -4.73. The number of hydrogen-bond acceptors (Lipinski definition) is 9. The fourth-order valence-electron chi connectivity index (χ4n) is 2.48. The molecule has 0 aromatic carbocycles. The van der Waals surface area contributed by atoms with Crippen molar-refractivity contribution >= 4 is 31.2 Å². The number of nitrogens with two attached hydrogens (primary N) is 1. The summed E-state index contributed by atoms with van der Waals surface area (Å²) in [5.41, 5.74) is 5.14. The fourth-order valence-corrected chi connectivity index (χ4v) is 3.08. The third-order valence-electron chi connectivity index (χ3n) is 3.56. The van der Waals surface area contributed by atoms with Gasteiger partial charge in [0.25, 0.3) is 0 Å². The highest BCUT2D eigenvalue weighted by Crippen LogP contribution is 2.40. The Balaban J connectivity index is 1.80. The lowest BCUT2D eigenvalue weighted by Gasteiger charge is -2.22. The van der Waals surface area contributed by atoms with E-state index in [-0.39, 0.29) is 5.96 Å². The van der Waals surface area contributed by atoms with E-state index < -0.39 is 44.5 Å². The first kappa shape index (κ1) is 17.6. The van der Waals surface area contributed by atoms with Crippen LogP contribution < -0.4 is 11.1 Å². The van der Waals surface area contributed by atoms with Crippen molar-refractivity contribution in [2.75, 3.05) is 11.9 Å². The molecule has 1 fully saturated rings. The number of ether oxygens (including phenoxy) is 1. The highest BCUT2D eigenvalue weighted by Gasteiger charge is 2.45. The zero-order chi connectivity index (χ0) is 17.6. The van der Waals surface area contributed by atoms with Crippen LogP contribution in [0.5, 0.6) is 0 Å². The summed E-state index contributed by atoms with van der Waals surface area (Å²) in [4.78, 5) is 25.4. The normalized spacial score (nSPS) is 33.0. The number of aromatic nitrogens is 2.